The van der Waals surface area contributed by atoms with E-state index in [9.17, 15) is 14.4 Å². The second-order valence-electron chi connectivity index (χ2n) is 8.39. The van der Waals surface area contributed by atoms with E-state index in [0.717, 1.165) is 30.6 Å². The topological polar surface area (TPSA) is 95.7 Å². The Kier molecular flexibility index (Phi) is 5.21. The van der Waals surface area contributed by atoms with Crippen molar-refractivity contribution in [1.29, 1.82) is 0 Å². The molecule has 0 spiro atoms. The fourth-order valence-electron chi connectivity index (χ4n) is 4.70. The van der Waals surface area contributed by atoms with Crippen LogP contribution in [0, 0.1) is 5.92 Å². The average molecular weight is 384 g/mol. The average Bonchev–Trinajstić information content (AvgIpc) is 2.98. The molecule has 2 saturated heterocycles. The van der Waals surface area contributed by atoms with Gasteiger partial charge in [0.1, 0.15) is 6.04 Å². The molecule has 7 nitrogen and oxygen atoms in total. The number of hydrogen-bond donors (Lipinski definition) is 2. The number of carbonyl (C=O) groups excluding carboxylic acids is 3. The highest BCUT2D eigenvalue weighted by Gasteiger charge is 2.39. The van der Waals surface area contributed by atoms with Gasteiger partial charge in [0.2, 0.25) is 11.8 Å². The predicted molar refractivity (Wildman–Crippen MR) is 104 cm³/mol. The zero-order valence-corrected chi connectivity index (χ0v) is 16.3. The maximum absolute atomic E-state index is 13.0. The summed E-state index contributed by atoms with van der Waals surface area (Å²) in [5.74, 6) is -0.0979. The Hall–Kier alpha value is -2.25. The number of amides is 3. The summed E-state index contributed by atoms with van der Waals surface area (Å²) < 4.78 is 0. The van der Waals surface area contributed by atoms with Crippen molar-refractivity contribution in [2.75, 3.05) is 13.1 Å². The van der Waals surface area contributed by atoms with E-state index in [2.05, 4.69) is 23.2 Å². The first-order chi connectivity index (χ1) is 13.5. The molecule has 150 valence electrons. The van der Waals surface area contributed by atoms with Gasteiger partial charge in [-0.2, -0.15) is 0 Å². The van der Waals surface area contributed by atoms with Crippen molar-refractivity contribution in [1.82, 2.24) is 15.1 Å². The minimum absolute atomic E-state index is 0.117. The number of nitrogens with zero attached hydrogens (tertiary/aromatic N) is 2. The molecule has 2 fully saturated rings. The lowest BCUT2D eigenvalue weighted by Crippen LogP contribution is -2.52. The number of benzene rings is 1. The van der Waals surface area contributed by atoms with E-state index in [1.54, 1.807) is 4.90 Å². The molecule has 0 bridgehead atoms. The molecule has 3 unspecified atom stereocenters. The summed E-state index contributed by atoms with van der Waals surface area (Å²) in [4.78, 5) is 40.6. The van der Waals surface area contributed by atoms with Gasteiger partial charge in [-0.1, -0.05) is 19.1 Å². The van der Waals surface area contributed by atoms with Gasteiger partial charge in [-0.25, -0.2) is 0 Å². The molecule has 4 rings (SSSR count). The molecule has 0 radical (unpaired) electrons. The van der Waals surface area contributed by atoms with E-state index in [4.69, 9.17) is 5.73 Å². The van der Waals surface area contributed by atoms with Gasteiger partial charge in [-0.3, -0.25) is 24.6 Å². The van der Waals surface area contributed by atoms with Crippen LogP contribution in [0.3, 0.4) is 0 Å². The van der Waals surface area contributed by atoms with Crippen molar-refractivity contribution in [2.24, 2.45) is 11.7 Å². The molecule has 28 heavy (non-hydrogen) atoms. The summed E-state index contributed by atoms with van der Waals surface area (Å²) in [7, 11) is 0. The van der Waals surface area contributed by atoms with Crippen molar-refractivity contribution in [2.45, 2.75) is 57.8 Å². The zero-order valence-electron chi connectivity index (χ0n) is 16.3. The molecule has 0 saturated carbocycles. The standard InChI is InChI=1S/C21H28N4O3/c1-13-2-5-16(9-22)24(10-13)11-14-3-4-15-12-25(21(28)17(15)8-14)18-6-7-19(26)23-20(18)27/h3-4,8,13,16,18H,2,5-7,9-12,22H2,1H3,(H,23,26,27). The number of nitrogens with two attached hydrogens (primary N) is 1. The van der Waals surface area contributed by atoms with Gasteiger partial charge in [-0.05, 0) is 42.4 Å². The van der Waals surface area contributed by atoms with Crippen molar-refractivity contribution in [3.8, 4) is 0 Å². The van der Waals surface area contributed by atoms with Gasteiger partial charge in [0, 0.05) is 44.2 Å². The number of imide groups is 1. The summed E-state index contributed by atoms with van der Waals surface area (Å²) in [6.07, 6.45) is 2.99. The molecular formula is C21H28N4O3. The largest absolute Gasteiger partial charge is 0.329 e. The van der Waals surface area contributed by atoms with Crippen LogP contribution in [0.5, 0.6) is 0 Å². The lowest BCUT2D eigenvalue weighted by Gasteiger charge is -2.38. The van der Waals surface area contributed by atoms with Gasteiger partial charge >= 0.3 is 0 Å². The Morgan fingerprint density at radius 3 is 2.75 bits per heavy atom. The highest BCUT2D eigenvalue weighted by atomic mass is 16.2. The van der Waals surface area contributed by atoms with E-state index in [-0.39, 0.29) is 24.1 Å². The van der Waals surface area contributed by atoms with Crippen LogP contribution in [-0.2, 0) is 22.7 Å². The van der Waals surface area contributed by atoms with Gasteiger partial charge in [0.15, 0.2) is 0 Å². The molecule has 3 atom stereocenters. The van der Waals surface area contributed by atoms with Gasteiger partial charge < -0.3 is 10.6 Å². The maximum atomic E-state index is 13.0. The minimum atomic E-state index is -0.564. The van der Waals surface area contributed by atoms with E-state index in [0.29, 0.717) is 37.0 Å². The third-order valence-corrected chi connectivity index (χ3v) is 6.31. The molecule has 0 aromatic heterocycles. The van der Waals surface area contributed by atoms with Gasteiger partial charge in [0.05, 0.1) is 0 Å². The maximum Gasteiger partial charge on any atom is 0.255 e. The van der Waals surface area contributed by atoms with Gasteiger partial charge in [-0.15, -0.1) is 0 Å². The second-order valence-corrected chi connectivity index (χ2v) is 8.39. The summed E-state index contributed by atoms with van der Waals surface area (Å²) in [6.45, 7) is 5.15. The lowest BCUT2D eigenvalue weighted by atomic mass is 9.93. The lowest BCUT2D eigenvalue weighted by molar-refractivity contribution is -0.136. The molecule has 3 aliphatic rings. The predicted octanol–water partition coefficient (Wildman–Crippen LogP) is 1.01. The summed E-state index contributed by atoms with van der Waals surface area (Å²) in [5.41, 5.74) is 8.69. The third-order valence-electron chi connectivity index (χ3n) is 6.31. The Balaban J connectivity index is 1.50. The molecular weight excluding hydrogens is 356 g/mol. The van der Waals surface area contributed by atoms with Crippen LogP contribution in [0.4, 0.5) is 0 Å². The number of likely N-dealkylation sites (tertiary alicyclic amines) is 1. The van der Waals surface area contributed by atoms with Crippen molar-refractivity contribution in [3.05, 3.63) is 34.9 Å². The molecule has 3 amide bonds. The van der Waals surface area contributed by atoms with Crippen molar-refractivity contribution >= 4 is 17.7 Å². The normalized spacial score (nSPS) is 28.4. The Bertz CT molecular complexity index is 809. The Morgan fingerprint density at radius 2 is 2.00 bits per heavy atom. The Morgan fingerprint density at radius 1 is 1.18 bits per heavy atom. The van der Waals surface area contributed by atoms with Crippen LogP contribution in [0.15, 0.2) is 18.2 Å². The number of hydrogen-bond acceptors (Lipinski definition) is 5. The molecule has 3 N–H and O–H groups in total. The fourth-order valence-corrected chi connectivity index (χ4v) is 4.70. The molecule has 1 aromatic carbocycles. The molecule has 0 aliphatic carbocycles. The SMILES string of the molecule is CC1CCC(CN)N(Cc2ccc3c(c2)C(=O)N(C2CCC(=O)NC2=O)C3)C1. The first kappa shape index (κ1) is 19.1. The number of piperidine rings is 2. The summed E-state index contributed by atoms with van der Waals surface area (Å²) >= 11 is 0. The van der Waals surface area contributed by atoms with E-state index in [1.807, 2.05) is 12.1 Å². The van der Waals surface area contributed by atoms with E-state index >= 15 is 0 Å². The van der Waals surface area contributed by atoms with E-state index < -0.39 is 6.04 Å². The van der Waals surface area contributed by atoms with Crippen LogP contribution >= 0.6 is 0 Å². The van der Waals surface area contributed by atoms with Crippen LogP contribution in [0.2, 0.25) is 0 Å². The summed E-state index contributed by atoms with van der Waals surface area (Å²) in [6, 6.07) is 5.87. The minimum Gasteiger partial charge on any atom is -0.329 e. The number of nitrogens with one attached hydrogen (secondary N) is 1. The quantitative estimate of drug-likeness (QED) is 0.756. The number of fused-ring (bicyclic) bond motifs is 1. The fraction of sp³-hybridized carbons (Fsp3) is 0.571. The molecule has 7 heteroatoms. The Labute approximate surface area is 165 Å². The monoisotopic (exact) mass is 384 g/mol. The van der Waals surface area contributed by atoms with E-state index in [1.165, 1.54) is 6.42 Å². The number of rotatable bonds is 4. The first-order valence-electron chi connectivity index (χ1n) is 10.2. The van der Waals surface area contributed by atoms with Crippen molar-refractivity contribution < 1.29 is 14.4 Å². The van der Waals surface area contributed by atoms with Crippen LogP contribution in [0.1, 0.15) is 54.1 Å². The smallest absolute Gasteiger partial charge is 0.255 e. The highest BCUT2D eigenvalue weighted by Crippen LogP contribution is 2.29. The zero-order chi connectivity index (χ0) is 19.8. The number of carbonyl (C=O) groups is 3. The molecule has 1 aromatic rings. The van der Waals surface area contributed by atoms with Crippen LogP contribution in [0.25, 0.3) is 0 Å². The van der Waals surface area contributed by atoms with Crippen LogP contribution in [-0.4, -0.2) is 52.7 Å². The van der Waals surface area contributed by atoms with Crippen molar-refractivity contribution in [3.63, 3.8) is 0 Å². The molecule has 3 heterocycles. The second kappa shape index (κ2) is 7.64. The van der Waals surface area contributed by atoms with Gasteiger partial charge in [0.25, 0.3) is 5.91 Å². The third kappa shape index (κ3) is 3.56. The molecule has 3 aliphatic heterocycles. The highest BCUT2D eigenvalue weighted by molar-refractivity contribution is 6.05. The van der Waals surface area contributed by atoms with Crippen LogP contribution < -0.4 is 11.1 Å². The summed E-state index contributed by atoms with van der Waals surface area (Å²) in [5, 5.41) is 2.34. The first-order valence-corrected chi connectivity index (χ1v) is 10.2.